The summed E-state index contributed by atoms with van der Waals surface area (Å²) in [6.45, 7) is 2.17. The molecule has 8 heteroatoms. The first-order valence-corrected chi connectivity index (χ1v) is 14.3. The quantitative estimate of drug-likeness (QED) is 0.316. The average molecular weight is 593 g/mol. The molecule has 2 aliphatic heterocycles. The van der Waals surface area contributed by atoms with Crippen LogP contribution in [-0.2, 0) is 16.0 Å². The molecule has 0 radical (unpaired) electrons. The molecule has 7 nitrogen and oxygen atoms in total. The minimum Gasteiger partial charge on any atom is -0.494 e. The monoisotopic (exact) mass is 591 g/mol. The Morgan fingerprint density at radius 2 is 1.74 bits per heavy atom. The van der Waals surface area contributed by atoms with Crippen molar-refractivity contribution >= 4 is 27.7 Å². The zero-order valence-corrected chi connectivity index (χ0v) is 23.5. The van der Waals surface area contributed by atoms with Gasteiger partial charge in [0, 0.05) is 48.1 Å². The third kappa shape index (κ3) is 6.35. The average Bonchev–Trinajstić information content (AvgIpc) is 3.35. The number of aliphatic hydroxyl groups is 1. The predicted molar refractivity (Wildman–Crippen MR) is 155 cm³/mol. The van der Waals surface area contributed by atoms with Gasteiger partial charge in [0.25, 0.3) is 5.91 Å². The minimum absolute atomic E-state index is 0.0855. The van der Waals surface area contributed by atoms with Crippen molar-refractivity contribution in [2.24, 2.45) is 4.99 Å². The molecule has 0 unspecified atom stereocenters. The summed E-state index contributed by atoms with van der Waals surface area (Å²) in [6.07, 6.45) is 3.58. The van der Waals surface area contributed by atoms with Crippen LogP contribution >= 0.6 is 15.9 Å². The Bertz CT molecular complexity index is 1280. The van der Waals surface area contributed by atoms with Gasteiger partial charge in [0.1, 0.15) is 5.75 Å². The number of piperidine rings is 1. The highest BCUT2D eigenvalue weighted by molar-refractivity contribution is 9.10. The predicted octanol–water partition coefficient (Wildman–Crippen LogP) is 5.23. The van der Waals surface area contributed by atoms with Crippen LogP contribution in [0.1, 0.15) is 48.5 Å². The lowest BCUT2D eigenvalue weighted by molar-refractivity contribution is -0.134. The maximum atomic E-state index is 14.3. The first-order chi connectivity index (χ1) is 19.1. The van der Waals surface area contributed by atoms with Gasteiger partial charge >= 0.3 is 0 Å². The lowest BCUT2D eigenvalue weighted by atomic mass is 9.82. The number of halogens is 1. The molecular weight excluding hydrogens is 558 g/mol. The molecule has 0 aromatic heterocycles. The number of aliphatic imine (C=N–C) groups is 1. The van der Waals surface area contributed by atoms with Gasteiger partial charge in [-0.25, -0.2) is 10.0 Å². The fraction of sp³-hybridized carbons (Fsp3) is 0.355. The number of nitrogens with zero attached hydrogens (tertiary/aromatic N) is 2. The van der Waals surface area contributed by atoms with Crippen LogP contribution in [0.5, 0.6) is 5.75 Å². The Morgan fingerprint density at radius 1 is 1.03 bits per heavy atom. The van der Waals surface area contributed by atoms with Gasteiger partial charge in [0.15, 0.2) is 11.6 Å². The number of nitrogens with one attached hydrogen (secondary N) is 1. The molecule has 3 aromatic rings. The smallest absolute Gasteiger partial charge is 0.266 e. The van der Waals surface area contributed by atoms with Crippen molar-refractivity contribution in [2.45, 2.75) is 43.7 Å². The number of carbonyl (C=O) groups is 1. The lowest BCUT2D eigenvalue weighted by Gasteiger charge is -2.35. The number of benzene rings is 3. The molecule has 3 aromatic carbocycles. The van der Waals surface area contributed by atoms with Crippen molar-refractivity contribution in [3.63, 3.8) is 0 Å². The van der Waals surface area contributed by atoms with Crippen LogP contribution in [0.2, 0.25) is 0 Å². The number of aliphatic hydroxyl groups excluding tert-OH is 1. The Balaban J connectivity index is 1.55. The largest absolute Gasteiger partial charge is 0.494 e. The summed E-state index contributed by atoms with van der Waals surface area (Å²) in [5, 5.41) is 11.0. The van der Waals surface area contributed by atoms with E-state index in [1.807, 2.05) is 83.9 Å². The summed E-state index contributed by atoms with van der Waals surface area (Å²) in [5.74, 6) is 0.946. The third-order valence-electron chi connectivity index (χ3n) is 7.15. The van der Waals surface area contributed by atoms with Crippen molar-refractivity contribution < 1.29 is 19.4 Å². The second kappa shape index (κ2) is 12.8. The van der Waals surface area contributed by atoms with Gasteiger partial charge in [-0.1, -0.05) is 70.9 Å². The van der Waals surface area contributed by atoms with Crippen LogP contribution in [0.25, 0.3) is 0 Å². The summed E-state index contributed by atoms with van der Waals surface area (Å²) < 4.78 is 13.2. The van der Waals surface area contributed by atoms with E-state index in [9.17, 15) is 4.79 Å². The van der Waals surface area contributed by atoms with Gasteiger partial charge in [-0.2, -0.15) is 0 Å². The Morgan fingerprint density at radius 3 is 2.46 bits per heavy atom. The normalized spacial score (nSPS) is 21.2. The second-order valence-corrected chi connectivity index (χ2v) is 10.8. The number of carbonyl (C=O) groups excluding carboxylic acids is 1. The first kappa shape index (κ1) is 27.4. The van der Waals surface area contributed by atoms with Gasteiger partial charge in [-0.3, -0.25) is 10.2 Å². The van der Waals surface area contributed by atoms with Crippen LogP contribution in [-0.4, -0.2) is 53.8 Å². The van der Waals surface area contributed by atoms with Gasteiger partial charge in [0.2, 0.25) is 5.90 Å². The van der Waals surface area contributed by atoms with Gasteiger partial charge in [0.05, 0.1) is 6.61 Å². The van der Waals surface area contributed by atoms with E-state index in [4.69, 9.17) is 19.6 Å². The molecule has 0 aliphatic carbocycles. The maximum Gasteiger partial charge on any atom is 0.266 e. The molecule has 2 N–H and O–H groups in total. The molecule has 2 heterocycles. The van der Waals surface area contributed by atoms with Crippen molar-refractivity contribution in [3.8, 4) is 5.75 Å². The van der Waals surface area contributed by atoms with E-state index < -0.39 is 11.6 Å². The minimum atomic E-state index is -1.23. The molecule has 1 fully saturated rings. The van der Waals surface area contributed by atoms with E-state index >= 15 is 0 Å². The topological polar surface area (TPSA) is 83.4 Å². The van der Waals surface area contributed by atoms with E-state index in [1.165, 1.54) is 6.42 Å². The van der Waals surface area contributed by atoms with Crippen molar-refractivity contribution in [3.05, 3.63) is 100 Å². The number of hydrogen-bond acceptors (Lipinski definition) is 6. The molecular formula is C31H34BrN3O4. The second-order valence-electron chi connectivity index (χ2n) is 9.96. The van der Waals surface area contributed by atoms with E-state index in [1.54, 1.807) is 0 Å². The molecule has 1 saturated heterocycles. The van der Waals surface area contributed by atoms with Gasteiger partial charge < -0.3 is 14.6 Å². The zero-order valence-electron chi connectivity index (χ0n) is 21.9. The number of rotatable bonds is 10. The van der Waals surface area contributed by atoms with Gasteiger partial charge in [-0.05, 0) is 48.7 Å². The third-order valence-corrected chi connectivity index (χ3v) is 7.87. The fourth-order valence-corrected chi connectivity index (χ4v) is 5.59. The highest BCUT2D eigenvalue weighted by Crippen LogP contribution is 2.44. The number of hydrogen-bond donors (Lipinski definition) is 2. The summed E-state index contributed by atoms with van der Waals surface area (Å²) in [4.78, 5) is 19.4. The number of amides is 1. The Kier molecular flexibility index (Phi) is 8.96. The van der Waals surface area contributed by atoms with E-state index in [-0.39, 0.29) is 12.5 Å². The summed E-state index contributed by atoms with van der Waals surface area (Å²) in [6, 6.07) is 25.3. The maximum absolute atomic E-state index is 14.3. The van der Waals surface area contributed by atoms with Gasteiger partial charge in [-0.15, -0.1) is 0 Å². The Labute approximate surface area is 238 Å². The molecule has 39 heavy (non-hydrogen) atoms. The molecule has 0 spiro atoms. The van der Waals surface area contributed by atoms with Crippen molar-refractivity contribution in [1.82, 2.24) is 10.4 Å². The standard InChI is InChI=1S/C31H34BrN3O4/c32-27-13-6-5-12-26(27)28-31(22-23-10-3-1-4-11-23,30(37)34-35-18-7-2-8-19-35)33-29(39-28)24-14-16-25(17-15-24)38-21-9-20-36/h1,3-6,10-17,28,36H,2,7-9,18-22H2,(H,34,37)/t28-,31-/m0/s1. The first-order valence-electron chi connectivity index (χ1n) is 13.5. The number of hydrazine groups is 1. The molecule has 0 bridgehead atoms. The highest BCUT2D eigenvalue weighted by Gasteiger charge is 2.54. The van der Waals surface area contributed by atoms with Crippen LogP contribution in [0.4, 0.5) is 0 Å². The summed E-state index contributed by atoms with van der Waals surface area (Å²) in [7, 11) is 0. The SMILES string of the molecule is O=C(NN1CCCCC1)[C@@]1(Cc2ccccc2)N=C(c2ccc(OCCCO)cc2)O[C@H]1c1ccccc1Br. The van der Waals surface area contributed by atoms with E-state index in [0.717, 1.165) is 47.1 Å². The molecule has 2 atom stereocenters. The van der Waals surface area contributed by atoms with E-state index in [0.29, 0.717) is 31.1 Å². The van der Waals surface area contributed by atoms with Crippen molar-refractivity contribution in [2.75, 3.05) is 26.3 Å². The Hall–Kier alpha value is -3.20. The van der Waals surface area contributed by atoms with E-state index in [2.05, 4.69) is 21.4 Å². The van der Waals surface area contributed by atoms with Crippen LogP contribution < -0.4 is 10.2 Å². The van der Waals surface area contributed by atoms with Crippen LogP contribution in [0.3, 0.4) is 0 Å². The van der Waals surface area contributed by atoms with Crippen molar-refractivity contribution in [1.29, 1.82) is 0 Å². The fourth-order valence-electron chi connectivity index (χ4n) is 5.10. The highest BCUT2D eigenvalue weighted by atomic mass is 79.9. The summed E-state index contributed by atoms with van der Waals surface area (Å²) >= 11 is 3.70. The molecule has 1 amide bonds. The molecule has 204 valence electrons. The lowest BCUT2D eigenvalue weighted by Crippen LogP contribution is -2.56. The molecule has 5 rings (SSSR count). The molecule has 0 saturated carbocycles. The number of ether oxygens (including phenoxy) is 2. The van der Waals surface area contributed by atoms with Crippen LogP contribution in [0, 0.1) is 0 Å². The molecule has 2 aliphatic rings. The summed E-state index contributed by atoms with van der Waals surface area (Å²) in [5.41, 5.74) is 4.61. The van der Waals surface area contributed by atoms with Crippen LogP contribution in [0.15, 0.2) is 88.3 Å². The zero-order chi connectivity index (χ0) is 27.1.